The van der Waals surface area contributed by atoms with Crippen LogP contribution in [0.15, 0.2) is 24.3 Å². The predicted molar refractivity (Wildman–Crippen MR) is 73.7 cm³/mol. The third-order valence-electron chi connectivity index (χ3n) is 2.59. The molecule has 1 aromatic carbocycles. The monoisotopic (exact) mass is 267 g/mol. The summed E-state index contributed by atoms with van der Waals surface area (Å²) in [7, 11) is 3.36. The van der Waals surface area contributed by atoms with Crippen LogP contribution in [0.1, 0.15) is 6.92 Å². The minimum absolute atomic E-state index is 0.316. The van der Waals surface area contributed by atoms with E-state index in [1.807, 2.05) is 12.1 Å². The van der Waals surface area contributed by atoms with E-state index in [2.05, 4.69) is 4.90 Å². The van der Waals surface area contributed by atoms with E-state index in [9.17, 15) is 4.79 Å². The third kappa shape index (κ3) is 5.72. The van der Waals surface area contributed by atoms with E-state index < -0.39 is 0 Å². The van der Waals surface area contributed by atoms with Gasteiger partial charge in [0.15, 0.2) is 0 Å². The first-order valence-electron chi connectivity index (χ1n) is 6.18. The van der Waals surface area contributed by atoms with Crippen molar-refractivity contribution < 1.29 is 19.0 Å². The molecule has 0 bridgehead atoms. The molecule has 0 aliphatic heterocycles. The van der Waals surface area contributed by atoms with Gasteiger partial charge in [0.25, 0.3) is 0 Å². The molecule has 5 nitrogen and oxygen atoms in total. The summed E-state index contributed by atoms with van der Waals surface area (Å²) in [6.45, 7) is 4.25. The topological polar surface area (TPSA) is 48.0 Å². The molecule has 106 valence electrons. The quantitative estimate of drug-likeness (QED) is 0.530. The van der Waals surface area contributed by atoms with E-state index >= 15 is 0 Å². The van der Waals surface area contributed by atoms with Crippen molar-refractivity contribution in [1.29, 1.82) is 0 Å². The second-order valence-electron chi connectivity index (χ2n) is 4.06. The molecule has 1 rings (SSSR count). The van der Waals surface area contributed by atoms with Crippen molar-refractivity contribution in [2.24, 2.45) is 0 Å². The number of benzene rings is 1. The maximum absolute atomic E-state index is 10.8. The Labute approximate surface area is 114 Å². The Morgan fingerprint density at radius 1 is 1.05 bits per heavy atom. The van der Waals surface area contributed by atoms with Gasteiger partial charge in [-0.1, -0.05) is 0 Å². The number of hydrogen-bond donors (Lipinski definition) is 0. The lowest BCUT2D eigenvalue weighted by atomic mass is 10.2. The molecule has 0 aliphatic rings. The molecule has 0 saturated carbocycles. The number of carbonyl (C=O) groups is 1. The van der Waals surface area contributed by atoms with Gasteiger partial charge in [0.2, 0.25) is 0 Å². The lowest BCUT2D eigenvalue weighted by molar-refractivity contribution is -0.131. The van der Waals surface area contributed by atoms with Gasteiger partial charge in [-0.15, -0.1) is 0 Å². The fourth-order valence-electron chi connectivity index (χ4n) is 1.66. The largest absolute Gasteiger partial charge is 0.427 e. The summed E-state index contributed by atoms with van der Waals surface area (Å²) in [5, 5.41) is 0. The Morgan fingerprint density at radius 3 is 2.00 bits per heavy atom. The van der Waals surface area contributed by atoms with E-state index in [4.69, 9.17) is 14.2 Å². The summed E-state index contributed by atoms with van der Waals surface area (Å²) >= 11 is 0. The Hall–Kier alpha value is -1.59. The molecule has 0 aromatic heterocycles. The summed E-state index contributed by atoms with van der Waals surface area (Å²) in [4.78, 5) is 13.0. The lowest BCUT2D eigenvalue weighted by Crippen LogP contribution is -2.30. The average Bonchev–Trinajstić information content (AvgIpc) is 2.39. The third-order valence-corrected chi connectivity index (χ3v) is 2.59. The molecule has 0 fully saturated rings. The zero-order valence-corrected chi connectivity index (χ0v) is 11.7. The fourth-order valence-corrected chi connectivity index (χ4v) is 1.66. The fraction of sp³-hybridized carbons (Fsp3) is 0.500. The predicted octanol–water partition coefficient (Wildman–Crippen LogP) is 1.71. The number of rotatable bonds is 8. The van der Waals surface area contributed by atoms with Crippen molar-refractivity contribution in [3.63, 3.8) is 0 Å². The van der Waals surface area contributed by atoms with Crippen LogP contribution < -0.4 is 9.64 Å². The van der Waals surface area contributed by atoms with Crippen molar-refractivity contribution >= 4 is 11.7 Å². The molecular formula is C14H21NO4. The van der Waals surface area contributed by atoms with Crippen molar-refractivity contribution in [3.8, 4) is 5.75 Å². The van der Waals surface area contributed by atoms with E-state index in [-0.39, 0.29) is 5.97 Å². The Kier molecular flexibility index (Phi) is 6.92. The molecule has 0 spiro atoms. The number of esters is 1. The second-order valence-corrected chi connectivity index (χ2v) is 4.06. The normalized spacial score (nSPS) is 10.3. The molecule has 0 heterocycles. The molecule has 1 aromatic rings. The number of methoxy groups -OCH3 is 2. The average molecular weight is 267 g/mol. The maximum Gasteiger partial charge on any atom is 0.308 e. The molecule has 0 aliphatic carbocycles. The summed E-state index contributed by atoms with van der Waals surface area (Å²) in [5.41, 5.74) is 1.05. The van der Waals surface area contributed by atoms with Crippen molar-refractivity contribution in [1.82, 2.24) is 0 Å². The number of anilines is 1. The van der Waals surface area contributed by atoms with Gasteiger partial charge in [0, 0.05) is 39.9 Å². The van der Waals surface area contributed by atoms with E-state index in [0.717, 1.165) is 18.8 Å². The van der Waals surface area contributed by atoms with Gasteiger partial charge in [0.1, 0.15) is 5.75 Å². The van der Waals surface area contributed by atoms with E-state index in [1.165, 1.54) is 6.92 Å². The van der Waals surface area contributed by atoms with Crippen LogP contribution >= 0.6 is 0 Å². The molecule has 0 amide bonds. The van der Waals surface area contributed by atoms with Crippen molar-refractivity contribution in [3.05, 3.63) is 24.3 Å². The van der Waals surface area contributed by atoms with Crippen molar-refractivity contribution in [2.75, 3.05) is 45.4 Å². The Morgan fingerprint density at radius 2 is 1.58 bits per heavy atom. The lowest BCUT2D eigenvalue weighted by Gasteiger charge is -2.24. The van der Waals surface area contributed by atoms with Crippen LogP contribution in [0.3, 0.4) is 0 Å². The van der Waals surface area contributed by atoms with Gasteiger partial charge in [-0.3, -0.25) is 4.79 Å². The first-order valence-corrected chi connectivity index (χ1v) is 6.18. The van der Waals surface area contributed by atoms with Crippen LogP contribution in [0.4, 0.5) is 5.69 Å². The van der Waals surface area contributed by atoms with Gasteiger partial charge < -0.3 is 19.1 Å². The minimum atomic E-state index is -0.316. The summed E-state index contributed by atoms with van der Waals surface area (Å²) in [6.07, 6.45) is 0. The van der Waals surface area contributed by atoms with E-state index in [0.29, 0.717) is 19.0 Å². The van der Waals surface area contributed by atoms with E-state index in [1.54, 1.807) is 26.4 Å². The second kappa shape index (κ2) is 8.50. The highest BCUT2D eigenvalue weighted by Gasteiger charge is 2.07. The molecule has 0 atom stereocenters. The first-order chi connectivity index (χ1) is 9.17. The molecular weight excluding hydrogens is 246 g/mol. The van der Waals surface area contributed by atoms with Crippen LogP contribution in [0.2, 0.25) is 0 Å². The molecule has 19 heavy (non-hydrogen) atoms. The highest BCUT2D eigenvalue weighted by atomic mass is 16.5. The number of nitrogens with zero attached hydrogens (tertiary/aromatic N) is 1. The van der Waals surface area contributed by atoms with Gasteiger partial charge in [-0.2, -0.15) is 0 Å². The Balaban J connectivity index is 2.68. The van der Waals surface area contributed by atoms with Gasteiger partial charge in [-0.05, 0) is 24.3 Å². The molecule has 5 heteroatoms. The molecule has 0 saturated heterocycles. The number of ether oxygens (including phenoxy) is 3. The van der Waals surface area contributed by atoms with Gasteiger partial charge in [0.05, 0.1) is 13.2 Å². The maximum atomic E-state index is 10.8. The van der Waals surface area contributed by atoms with Crippen LogP contribution in [0.25, 0.3) is 0 Å². The van der Waals surface area contributed by atoms with Gasteiger partial charge in [-0.25, -0.2) is 0 Å². The summed E-state index contributed by atoms with van der Waals surface area (Å²) in [5.74, 6) is 0.234. The van der Waals surface area contributed by atoms with Gasteiger partial charge >= 0.3 is 5.97 Å². The number of carbonyl (C=O) groups excluding carboxylic acids is 1. The van der Waals surface area contributed by atoms with Crippen LogP contribution in [0.5, 0.6) is 5.75 Å². The smallest absolute Gasteiger partial charge is 0.308 e. The van der Waals surface area contributed by atoms with Crippen molar-refractivity contribution in [2.45, 2.75) is 6.92 Å². The number of hydrogen-bond acceptors (Lipinski definition) is 5. The zero-order chi connectivity index (χ0) is 14.1. The molecule has 0 unspecified atom stereocenters. The highest BCUT2D eigenvalue weighted by Crippen LogP contribution is 2.19. The summed E-state index contributed by atoms with van der Waals surface area (Å²) < 4.78 is 15.2. The Bertz CT molecular complexity index is 370. The molecule has 0 radical (unpaired) electrons. The minimum Gasteiger partial charge on any atom is -0.427 e. The van der Waals surface area contributed by atoms with Crippen LogP contribution in [-0.2, 0) is 14.3 Å². The SMILES string of the molecule is COCCN(CCOC)c1ccc(OC(C)=O)cc1. The van der Waals surface area contributed by atoms with Crippen LogP contribution in [0, 0.1) is 0 Å². The molecule has 0 N–H and O–H groups in total. The van der Waals surface area contributed by atoms with Crippen LogP contribution in [-0.4, -0.2) is 46.5 Å². The standard InChI is InChI=1S/C14H21NO4/c1-12(16)19-14-6-4-13(5-7-14)15(8-10-17-2)9-11-18-3/h4-7H,8-11H2,1-3H3. The highest BCUT2D eigenvalue weighted by molar-refractivity contribution is 5.69. The first kappa shape index (κ1) is 15.5. The zero-order valence-electron chi connectivity index (χ0n) is 11.7. The summed E-state index contributed by atoms with van der Waals surface area (Å²) in [6, 6.07) is 7.40.